The third-order valence-electron chi connectivity index (χ3n) is 2.87. The van der Waals surface area contributed by atoms with Gasteiger partial charge in [-0.1, -0.05) is 0 Å². The molecule has 0 fully saturated rings. The van der Waals surface area contributed by atoms with Crippen molar-refractivity contribution in [3.05, 3.63) is 36.7 Å². The van der Waals surface area contributed by atoms with E-state index in [9.17, 15) is 0 Å². The van der Waals surface area contributed by atoms with Crippen LogP contribution in [0.3, 0.4) is 0 Å². The highest BCUT2D eigenvalue weighted by Gasteiger charge is 2.14. The van der Waals surface area contributed by atoms with Crippen LogP contribution in [0.5, 0.6) is 0 Å². The Morgan fingerprint density at radius 1 is 1.17 bits per heavy atom. The summed E-state index contributed by atoms with van der Waals surface area (Å²) < 4.78 is 2.02. The van der Waals surface area contributed by atoms with Crippen LogP contribution in [0.25, 0.3) is 22.7 Å². The van der Waals surface area contributed by atoms with Crippen molar-refractivity contribution < 1.29 is 0 Å². The van der Waals surface area contributed by atoms with Gasteiger partial charge in [-0.3, -0.25) is 4.98 Å². The molecule has 0 aliphatic rings. The lowest BCUT2D eigenvalue weighted by Gasteiger charge is -2.06. The SMILES string of the molecule is CCn1c(-c2ncccc2N)nc2cccnc21. The number of nitrogens with two attached hydrogens (primary N) is 1. The molecule has 0 bridgehead atoms. The van der Waals surface area contributed by atoms with Gasteiger partial charge in [-0.05, 0) is 31.2 Å². The molecule has 0 radical (unpaired) electrons. The lowest BCUT2D eigenvalue weighted by atomic mass is 10.3. The first-order chi connectivity index (χ1) is 8.81. The summed E-state index contributed by atoms with van der Waals surface area (Å²) in [6.07, 6.45) is 3.49. The Morgan fingerprint density at radius 3 is 2.72 bits per heavy atom. The van der Waals surface area contributed by atoms with Gasteiger partial charge in [0.2, 0.25) is 0 Å². The molecule has 0 aliphatic heterocycles. The maximum Gasteiger partial charge on any atom is 0.163 e. The number of fused-ring (bicyclic) bond motifs is 1. The Balaban J connectivity index is 2.32. The molecule has 3 aromatic rings. The van der Waals surface area contributed by atoms with Crippen LogP contribution in [0.1, 0.15) is 6.92 Å². The number of hydrogen-bond donors (Lipinski definition) is 1. The van der Waals surface area contributed by atoms with Crippen molar-refractivity contribution in [1.29, 1.82) is 0 Å². The van der Waals surface area contributed by atoms with Gasteiger partial charge in [-0.2, -0.15) is 0 Å². The number of pyridine rings is 2. The molecule has 5 nitrogen and oxygen atoms in total. The topological polar surface area (TPSA) is 69.6 Å². The summed E-state index contributed by atoms with van der Waals surface area (Å²) in [5, 5.41) is 0. The van der Waals surface area contributed by atoms with Crippen molar-refractivity contribution in [3.63, 3.8) is 0 Å². The Bertz CT molecular complexity index is 701. The fourth-order valence-electron chi connectivity index (χ4n) is 2.04. The third-order valence-corrected chi connectivity index (χ3v) is 2.87. The van der Waals surface area contributed by atoms with Crippen molar-refractivity contribution in [2.45, 2.75) is 13.5 Å². The molecule has 0 spiro atoms. The van der Waals surface area contributed by atoms with Gasteiger partial charge in [0.25, 0.3) is 0 Å². The van der Waals surface area contributed by atoms with Gasteiger partial charge in [0, 0.05) is 18.9 Å². The van der Waals surface area contributed by atoms with E-state index in [-0.39, 0.29) is 0 Å². The van der Waals surface area contributed by atoms with Crippen LogP contribution in [-0.2, 0) is 6.54 Å². The average molecular weight is 239 g/mol. The number of imidazole rings is 1. The second kappa shape index (κ2) is 4.10. The predicted molar refractivity (Wildman–Crippen MR) is 70.8 cm³/mol. The zero-order chi connectivity index (χ0) is 12.5. The van der Waals surface area contributed by atoms with E-state index in [2.05, 4.69) is 21.9 Å². The summed E-state index contributed by atoms with van der Waals surface area (Å²) in [4.78, 5) is 13.2. The molecule has 18 heavy (non-hydrogen) atoms. The third kappa shape index (κ3) is 1.52. The number of aryl methyl sites for hydroxylation is 1. The van der Waals surface area contributed by atoms with E-state index in [4.69, 9.17) is 5.73 Å². The minimum absolute atomic E-state index is 0.627. The molecule has 2 N–H and O–H groups in total. The Morgan fingerprint density at radius 2 is 1.94 bits per heavy atom. The molecule has 0 saturated heterocycles. The smallest absolute Gasteiger partial charge is 0.163 e. The predicted octanol–water partition coefficient (Wildman–Crippen LogP) is 2.10. The number of hydrogen-bond acceptors (Lipinski definition) is 4. The van der Waals surface area contributed by atoms with E-state index in [0.717, 1.165) is 23.5 Å². The van der Waals surface area contributed by atoms with Gasteiger partial charge in [-0.25, -0.2) is 9.97 Å². The highest BCUT2D eigenvalue weighted by atomic mass is 15.1. The molecule has 3 aromatic heterocycles. The number of anilines is 1. The van der Waals surface area contributed by atoms with E-state index in [1.807, 2.05) is 28.8 Å². The van der Waals surface area contributed by atoms with Crippen LogP contribution >= 0.6 is 0 Å². The average Bonchev–Trinajstić information content (AvgIpc) is 2.77. The molecule has 0 unspecified atom stereocenters. The lowest BCUT2D eigenvalue weighted by Crippen LogP contribution is -2.02. The molecule has 0 aliphatic carbocycles. The van der Waals surface area contributed by atoms with Crippen LogP contribution in [-0.4, -0.2) is 19.5 Å². The summed E-state index contributed by atoms with van der Waals surface area (Å²) in [6.45, 7) is 2.83. The first-order valence-electron chi connectivity index (χ1n) is 5.83. The number of aromatic nitrogens is 4. The lowest BCUT2D eigenvalue weighted by molar-refractivity contribution is 0.784. The molecule has 0 amide bonds. The first kappa shape index (κ1) is 10.7. The summed E-state index contributed by atoms with van der Waals surface area (Å²) in [7, 11) is 0. The molecular weight excluding hydrogens is 226 g/mol. The van der Waals surface area contributed by atoms with Crippen molar-refractivity contribution in [2.75, 3.05) is 5.73 Å². The maximum atomic E-state index is 5.96. The van der Waals surface area contributed by atoms with E-state index in [1.54, 1.807) is 12.4 Å². The summed E-state index contributed by atoms with van der Waals surface area (Å²) in [5.41, 5.74) is 9.02. The van der Waals surface area contributed by atoms with E-state index >= 15 is 0 Å². The zero-order valence-electron chi connectivity index (χ0n) is 10.0. The minimum Gasteiger partial charge on any atom is -0.397 e. The summed E-state index contributed by atoms with van der Waals surface area (Å²) in [5.74, 6) is 0.768. The van der Waals surface area contributed by atoms with Crippen molar-refractivity contribution >= 4 is 16.9 Å². The molecular formula is C13H13N5. The summed E-state index contributed by atoms with van der Waals surface area (Å²) >= 11 is 0. The van der Waals surface area contributed by atoms with Crippen LogP contribution in [0.15, 0.2) is 36.7 Å². The Labute approximate surface area is 104 Å². The van der Waals surface area contributed by atoms with E-state index < -0.39 is 0 Å². The first-order valence-corrected chi connectivity index (χ1v) is 5.83. The molecule has 3 rings (SSSR count). The maximum absolute atomic E-state index is 5.96. The van der Waals surface area contributed by atoms with Gasteiger partial charge >= 0.3 is 0 Å². The molecule has 3 heterocycles. The van der Waals surface area contributed by atoms with E-state index in [1.165, 1.54) is 0 Å². The monoisotopic (exact) mass is 239 g/mol. The van der Waals surface area contributed by atoms with Crippen LogP contribution < -0.4 is 5.73 Å². The zero-order valence-corrected chi connectivity index (χ0v) is 10.0. The number of nitrogen functional groups attached to an aromatic ring is 1. The fourth-order valence-corrected chi connectivity index (χ4v) is 2.04. The van der Waals surface area contributed by atoms with Gasteiger partial charge in [0.1, 0.15) is 11.2 Å². The fraction of sp³-hybridized carbons (Fsp3) is 0.154. The van der Waals surface area contributed by atoms with Gasteiger partial charge < -0.3 is 10.3 Å². The van der Waals surface area contributed by atoms with Crippen LogP contribution in [0.2, 0.25) is 0 Å². The highest BCUT2D eigenvalue weighted by molar-refractivity contribution is 5.79. The molecule has 90 valence electrons. The number of rotatable bonds is 2. The van der Waals surface area contributed by atoms with Crippen molar-refractivity contribution in [3.8, 4) is 11.5 Å². The van der Waals surface area contributed by atoms with Gasteiger partial charge in [0.05, 0.1) is 5.69 Å². The molecule has 0 saturated carbocycles. The van der Waals surface area contributed by atoms with Crippen LogP contribution in [0.4, 0.5) is 5.69 Å². The Kier molecular flexibility index (Phi) is 2.44. The van der Waals surface area contributed by atoms with Crippen LogP contribution in [0, 0.1) is 0 Å². The largest absolute Gasteiger partial charge is 0.397 e. The summed E-state index contributed by atoms with van der Waals surface area (Å²) in [6, 6.07) is 7.46. The second-order valence-corrected chi connectivity index (χ2v) is 3.97. The van der Waals surface area contributed by atoms with Gasteiger partial charge in [-0.15, -0.1) is 0 Å². The minimum atomic E-state index is 0.627. The molecule has 5 heteroatoms. The highest BCUT2D eigenvalue weighted by Crippen LogP contribution is 2.25. The van der Waals surface area contributed by atoms with Crippen molar-refractivity contribution in [1.82, 2.24) is 19.5 Å². The number of nitrogens with zero attached hydrogens (tertiary/aromatic N) is 4. The van der Waals surface area contributed by atoms with E-state index in [0.29, 0.717) is 11.4 Å². The van der Waals surface area contributed by atoms with Crippen molar-refractivity contribution in [2.24, 2.45) is 0 Å². The van der Waals surface area contributed by atoms with Gasteiger partial charge in [0.15, 0.2) is 11.5 Å². The Hall–Kier alpha value is -2.43. The quantitative estimate of drug-likeness (QED) is 0.743. The molecule has 0 aromatic carbocycles. The second-order valence-electron chi connectivity index (χ2n) is 3.97. The standard InChI is InChI=1S/C13H13N5/c1-2-18-12-10(6-4-8-16-12)17-13(18)11-9(14)5-3-7-15-11/h3-8H,2,14H2,1H3. The normalized spacial score (nSPS) is 10.9. The molecule has 0 atom stereocenters.